The van der Waals surface area contributed by atoms with Crippen molar-refractivity contribution in [3.8, 4) is 0 Å². The molecule has 0 heterocycles. The van der Waals surface area contributed by atoms with Crippen molar-refractivity contribution in [2.45, 2.75) is 52.6 Å². The van der Waals surface area contributed by atoms with Crippen molar-refractivity contribution in [1.82, 2.24) is 0 Å². The Morgan fingerprint density at radius 3 is 1.45 bits per heavy atom. The van der Waals surface area contributed by atoms with Gasteiger partial charge in [0.2, 0.25) is 0 Å². The van der Waals surface area contributed by atoms with Crippen LogP contribution < -0.4 is 0 Å². The largest absolute Gasteiger partial charge is 0.0683 e. The van der Waals surface area contributed by atoms with Crippen LogP contribution in [0, 0.1) is 0 Å². The van der Waals surface area contributed by atoms with Gasteiger partial charge >= 0.3 is 0 Å². The number of halogens is 2. The Bertz CT molecular complexity index is 31.3. The van der Waals surface area contributed by atoms with Gasteiger partial charge in [-0.3, -0.25) is 0 Å². The summed E-state index contributed by atoms with van der Waals surface area (Å²) in [5.41, 5.74) is 0. The maximum Gasteiger partial charge on any atom is 0.0195 e. The summed E-state index contributed by atoms with van der Waals surface area (Å²) < 4.78 is 0. The van der Waals surface area contributed by atoms with Gasteiger partial charge < -0.3 is 0 Å². The van der Waals surface area contributed by atoms with E-state index < -0.39 is 0 Å². The lowest BCUT2D eigenvalue weighted by Crippen LogP contribution is -1.80. The van der Waals surface area contributed by atoms with Gasteiger partial charge in [-0.25, -0.2) is 0 Å². The number of rotatable bonds is 3. The smallest absolute Gasteiger partial charge is 0.0195 e. The molecule has 0 bridgehead atoms. The molecule has 0 aliphatic heterocycles. The van der Waals surface area contributed by atoms with Crippen LogP contribution in [0.3, 0.4) is 0 Å². The van der Waals surface area contributed by atoms with Crippen LogP contribution in [0.5, 0.6) is 0 Å². The molecule has 0 rings (SSSR count). The highest BCUT2D eigenvalue weighted by molar-refractivity contribution is 15.0. The molecular formula is C8H22I2Si. The van der Waals surface area contributed by atoms with E-state index in [4.69, 9.17) is 0 Å². The average molecular weight is 400 g/mol. The molecule has 0 saturated heterocycles. The quantitative estimate of drug-likeness (QED) is 0.369. The molecule has 0 unspecified atom stereocenters. The van der Waals surface area contributed by atoms with Gasteiger partial charge in [0.05, 0.1) is 0 Å². The molecule has 0 fully saturated rings. The molecule has 0 aromatic rings. The summed E-state index contributed by atoms with van der Waals surface area (Å²) in [7, 11) is 0.422. The van der Waals surface area contributed by atoms with E-state index in [1.807, 2.05) is 0 Å². The van der Waals surface area contributed by atoms with Crippen LogP contribution in [0.4, 0.5) is 0 Å². The molecule has 0 saturated carbocycles. The van der Waals surface area contributed by atoms with Crippen molar-refractivity contribution in [1.29, 1.82) is 0 Å². The van der Waals surface area contributed by atoms with Gasteiger partial charge in [0.15, 0.2) is 0 Å². The van der Waals surface area contributed by atoms with Gasteiger partial charge in [0, 0.05) is 46.8 Å². The van der Waals surface area contributed by atoms with E-state index in [0.717, 1.165) is 0 Å². The molecule has 0 aromatic heterocycles. The Hall–Kier alpha value is 1.68. The van der Waals surface area contributed by atoms with Gasteiger partial charge in [-0.05, 0) is 0 Å². The third-order valence-corrected chi connectivity index (χ3v) is 2.87. The standard InChI is InChI=1S/C5H14Si.C3H8.I2/c1-3-5-6-4-2;1-3-2;1-2/h3-6H2,1-2H3;3H2,1-2H3;. The summed E-state index contributed by atoms with van der Waals surface area (Å²) in [5, 5.41) is 0. The fourth-order valence-corrected chi connectivity index (χ4v) is 1.50. The molecule has 3 heteroatoms. The predicted octanol–water partition coefficient (Wildman–Crippen LogP) is 4.61. The van der Waals surface area contributed by atoms with E-state index in [2.05, 4.69) is 64.9 Å². The highest BCUT2D eigenvalue weighted by Crippen LogP contribution is 1.89. The molecule has 11 heavy (non-hydrogen) atoms. The zero-order valence-electron chi connectivity index (χ0n) is 8.29. The first kappa shape index (κ1) is 18.5. The second-order valence-electron chi connectivity index (χ2n) is 2.41. The average Bonchev–Trinajstić information content (AvgIpc) is 2.06. The number of hydrogen-bond donors (Lipinski definition) is 0. The second kappa shape index (κ2) is 29.9. The Morgan fingerprint density at radius 2 is 1.36 bits per heavy atom. The minimum Gasteiger partial charge on any atom is -0.0683 e. The van der Waals surface area contributed by atoms with E-state index in [-0.39, 0.29) is 0 Å². The first-order chi connectivity index (χ1) is 5.33. The van der Waals surface area contributed by atoms with Gasteiger partial charge in [-0.2, -0.15) is 0 Å². The van der Waals surface area contributed by atoms with Crippen molar-refractivity contribution in [3.05, 3.63) is 0 Å². The first-order valence-corrected chi connectivity index (χ1v) is 12.8. The molecular weight excluding hydrogens is 378 g/mol. The van der Waals surface area contributed by atoms with Gasteiger partial charge in [-0.1, -0.05) is 52.6 Å². The van der Waals surface area contributed by atoms with Crippen molar-refractivity contribution >= 4 is 46.8 Å². The van der Waals surface area contributed by atoms with E-state index in [1.54, 1.807) is 6.04 Å². The minimum atomic E-state index is 0.422. The first-order valence-electron chi connectivity index (χ1n) is 4.47. The highest BCUT2D eigenvalue weighted by atomic mass is 128. The van der Waals surface area contributed by atoms with Crippen LogP contribution in [0.2, 0.25) is 12.1 Å². The molecule has 0 atom stereocenters. The Morgan fingerprint density at radius 1 is 1.00 bits per heavy atom. The van der Waals surface area contributed by atoms with Crippen LogP contribution in [0.1, 0.15) is 40.5 Å². The zero-order chi connectivity index (χ0) is 9.54. The monoisotopic (exact) mass is 400 g/mol. The van der Waals surface area contributed by atoms with Crippen LogP contribution >= 0.6 is 37.2 Å². The summed E-state index contributed by atoms with van der Waals surface area (Å²) in [6.07, 6.45) is 2.67. The maximum atomic E-state index is 2.29. The lowest BCUT2D eigenvalue weighted by atomic mass is 10.6. The molecule has 0 nitrogen and oxygen atoms in total. The van der Waals surface area contributed by atoms with E-state index in [1.165, 1.54) is 18.9 Å². The molecule has 0 amide bonds. The van der Waals surface area contributed by atoms with Crippen LogP contribution in [-0.4, -0.2) is 9.52 Å². The van der Waals surface area contributed by atoms with Gasteiger partial charge in [-0.15, -0.1) is 0 Å². The van der Waals surface area contributed by atoms with E-state index in [9.17, 15) is 0 Å². The zero-order valence-corrected chi connectivity index (χ0v) is 14.0. The highest BCUT2D eigenvalue weighted by Gasteiger charge is 1.76. The second-order valence-corrected chi connectivity index (χ2v) is 4.83. The molecule has 0 radical (unpaired) electrons. The van der Waals surface area contributed by atoms with Crippen LogP contribution in [0.15, 0.2) is 0 Å². The molecule has 0 aliphatic carbocycles. The van der Waals surface area contributed by atoms with Gasteiger partial charge in [0.1, 0.15) is 0 Å². The normalized spacial score (nSPS) is 8.18. The summed E-state index contributed by atoms with van der Waals surface area (Å²) in [5.74, 6) is 0. The Kier molecular flexibility index (Phi) is 50.1. The van der Waals surface area contributed by atoms with Gasteiger partial charge in [0.25, 0.3) is 0 Å². The topological polar surface area (TPSA) is 0 Å². The fourth-order valence-electron chi connectivity index (χ4n) is 0.500. The Balaban J connectivity index is -0.000000109. The fraction of sp³-hybridized carbons (Fsp3) is 1.00. The van der Waals surface area contributed by atoms with Crippen LogP contribution in [0.25, 0.3) is 0 Å². The Labute approximate surface area is 98.4 Å². The SMILES string of the molecule is CCC.CCC[SiH2]CC.II. The van der Waals surface area contributed by atoms with Crippen molar-refractivity contribution in [2.75, 3.05) is 0 Å². The molecule has 0 spiro atoms. The lowest BCUT2D eigenvalue weighted by Gasteiger charge is -1.84. The van der Waals surface area contributed by atoms with Crippen molar-refractivity contribution in [3.63, 3.8) is 0 Å². The third-order valence-electron chi connectivity index (χ3n) is 0.957. The predicted molar refractivity (Wildman–Crippen MR) is 78.1 cm³/mol. The van der Waals surface area contributed by atoms with Crippen LogP contribution in [-0.2, 0) is 0 Å². The molecule has 0 aliphatic rings. The van der Waals surface area contributed by atoms with E-state index in [0.29, 0.717) is 9.52 Å². The molecule has 0 aromatic carbocycles. The molecule has 72 valence electrons. The number of hydrogen-bond acceptors (Lipinski definition) is 0. The summed E-state index contributed by atoms with van der Waals surface area (Å²) >= 11 is 4.24. The molecule has 0 N–H and O–H groups in total. The van der Waals surface area contributed by atoms with Crippen molar-refractivity contribution in [2.24, 2.45) is 0 Å². The lowest BCUT2D eigenvalue weighted by molar-refractivity contribution is 1.07. The minimum absolute atomic E-state index is 0.422. The van der Waals surface area contributed by atoms with Crippen molar-refractivity contribution < 1.29 is 0 Å². The maximum absolute atomic E-state index is 2.29. The van der Waals surface area contributed by atoms with E-state index >= 15 is 0 Å². The third kappa shape index (κ3) is 50.0. The summed E-state index contributed by atoms with van der Waals surface area (Å²) in [4.78, 5) is 0. The summed E-state index contributed by atoms with van der Waals surface area (Å²) in [6, 6.07) is 3.05. The summed E-state index contributed by atoms with van der Waals surface area (Å²) in [6.45, 7) is 8.81.